The quantitative estimate of drug-likeness (QED) is 0.570. The summed E-state index contributed by atoms with van der Waals surface area (Å²) in [4.78, 5) is 0. The Labute approximate surface area is 69.9 Å². The predicted molar refractivity (Wildman–Crippen MR) is 49.6 cm³/mol. The fourth-order valence-electron chi connectivity index (χ4n) is 2.20. The molecule has 1 fully saturated rings. The Balaban J connectivity index is 2.79. The maximum absolute atomic E-state index is 3.86. The third-order valence-electron chi connectivity index (χ3n) is 2.60. The maximum atomic E-state index is 3.86. The average molecular weight is 153 g/mol. The first-order valence-corrected chi connectivity index (χ1v) is 4.29. The largest absolute Gasteiger partial charge is 0.306 e. The SMILES string of the molecule is C=CC1CC(C)(C)NC1(C)C. The van der Waals surface area contributed by atoms with Crippen molar-refractivity contribution in [2.45, 2.75) is 45.2 Å². The molecule has 0 amide bonds. The van der Waals surface area contributed by atoms with Crippen LogP contribution in [0, 0.1) is 5.92 Å². The standard InChI is InChI=1S/C10H19N/c1-6-8-7-9(2,3)11-10(8,4)5/h6,8,11H,1,7H2,2-5H3. The molecule has 1 unspecified atom stereocenters. The van der Waals surface area contributed by atoms with E-state index in [1.807, 2.05) is 0 Å². The van der Waals surface area contributed by atoms with E-state index in [-0.39, 0.29) is 11.1 Å². The van der Waals surface area contributed by atoms with Crippen molar-refractivity contribution in [3.05, 3.63) is 12.7 Å². The van der Waals surface area contributed by atoms with Crippen LogP contribution in [0.25, 0.3) is 0 Å². The van der Waals surface area contributed by atoms with Crippen molar-refractivity contribution < 1.29 is 0 Å². The Morgan fingerprint density at radius 1 is 1.36 bits per heavy atom. The molecule has 64 valence electrons. The van der Waals surface area contributed by atoms with Gasteiger partial charge in [0.25, 0.3) is 0 Å². The van der Waals surface area contributed by atoms with Crippen molar-refractivity contribution >= 4 is 0 Å². The topological polar surface area (TPSA) is 12.0 Å². The van der Waals surface area contributed by atoms with E-state index in [1.165, 1.54) is 6.42 Å². The summed E-state index contributed by atoms with van der Waals surface area (Å²) in [6, 6.07) is 0. The van der Waals surface area contributed by atoms with E-state index in [0.717, 1.165) is 0 Å². The number of hydrogen-bond donors (Lipinski definition) is 1. The molecule has 0 aliphatic carbocycles. The molecule has 1 aliphatic heterocycles. The zero-order valence-corrected chi connectivity index (χ0v) is 8.07. The van der Waals surface area contributed by atoms with Gasteiger partial charge in [-0.25, -0.2) is 0 Å². The van der Waals surface area contributed by atoms with Crippen molar-refractivity contribution in [1.29, 1.82) is 0 Å². The highest BCUT2D eigenvalue weighted by Gasteiger charge is 2.42. The molecule has 0 aromatic heterocycles. The molecule has 0 spiro atoms. The van der Waals surface area contributed by atoms with Crippen LogP contribution in [0.5, 0.6) is 0 Å². The lowest BCUT2D eigenvalue weighted by molar-refractivity contribution is 0.351. The Morgan fingerprint density at radius 2 is 1.91 bits per heavy atom. The monoisotopic (exact) mass is 153 g/mol. The van der Waals surface area contributed by atoms with Gasteiger partial charge in [-0.3, -0.25) is 0 Å². The highest BCUT2D eigenvalue weighted by Crippen LogP contribution is 2.35. The average Bonchev–Trinajstić information content (AvgIpc) is 1.99. The summed E-state index contributed by atoms with van der Waals surface area (Å²) >= 11 is 0. The van der Waals surface area contributed by atoms with E-state index in [2.05, 4.69) is 45.7 Å². The molecule has 1 heterocycles. The van der Waals surface area contributed by atoms with Crippen molar-refractivity contribution in [2.75, 3.05) is 0 Å². The minimum absolute atomic E-state index is 0.227. The Kier molecular flexibility index (Phi) is 1.87. The van der Waals surface area contributed by atoms with Crippen LogP contribution in [-0.2, 0) is 0 Å². The van der Waals surface area contributed by atoms with E-state index >= 15 is 0 Å². The highest BCUT2D eigenvalue weighted by molar-refractivity contribution is 5.08. The van der Waals surface area contributed by atoms with E-state index < -0.39 is 0 Å². The zero-order valence-electron chi connectivity index (χ0n) is 8.07. The minimum atomic E-state index is 0.227. The summed E-state index contributed by atoms with van der Waals surface area (Å²) in [6.07, 6.45) is 3.27. The molecule has 0 saturated carbocycles. The first kappa shape index (κ1) is 8.79. The second kappa shape index (κ2) is 2.34. The summed E-state index contributed by atoms with van der Waals surface area (Å²) in [5.41, 5.74) is 0.508. The van der Waals surface area contributed by atoms with E-state index in [9.17, 15) is 0 Å². The van der Waals surface area contributed by atoms with Crippen molar-refractivity contribution in [2.24, 2.45) is 5.92 Å². The first-order valence-electron chi connectivity index (χ1n) is 4.29. The van der Waals surface area contributed by atoms with E-state index in [4.69, 9.17) is 0 Å². The molecular formula is C10H19N. The third-order valence-corrected chi connectivity index (χ3v) is 2.60. The number of rotatable bonds is 1. The molecule has 1 nitrogen and oxygen atoms in total. The van der Waals surface area contributed by atoms with Crippen LogP contribution in [0.2, 0.25) is 0 Å². The van der Waals surface area contributed by atoms with Crippen LogP contribution in [0.3, 0.4) is 0 Å². The van der Waals surface area contributed by atoms with Crippen LogP contribution in [0.4, 0.5) is 0 Å². The van der Waals surface area contributed by atoms with Crippen LogP contribution in [0.15, 0.2) is 12.7 Å². The second-order valence-electron chi connectivity index (χ2n) is 4.78. The lowest BCUT2D eigenvalue weighted by Crippen LogP contribution is -2.44. The molecule has 1 saturated heterocycles. The normalized spacial score (nSPS) is 33.6. The van der Waals surface area contributed by atoms with Gasteiger partial charge < -0.3 is 5.32 Å². The van der Waals surface area contributed by atoms with E-state index in [0.29, 0.717) is 5.92 Å². The van der Waals surface area contributed by atoms with Gasteiger partial charge in [0.2, 0.25) is 0 Å². The lowest BCUT2D eigenvalue weighted by atomic mass is 9.87. The van der Waals surface area contributed by atoms with Crippen LogP contribution in [-0.4, -0.2) is 11.1 Å². The molecule has 1 heteroatoms. The van der Waals surface area contributed by atoms with E-state index in [1.54, 1.807) is 0 Å². The summed E-state index contributed by atoms with van der Waals surface area (Å²) in [6.45, 7) is 12.8. The molecule has 1 rings (SSSR count). The second-order valence-corrected chi connectivity index (χ2v) is 4.78. The number of hydrogen-bond acceptors (Lipinski definition) is 1. The summed E-state index contributed by atoms with van der Waals surface area (Å²) in [7, 11) is 0. The van der Waals surface area contributed by atoms with Gasteiger partial charge in [0, 0.05) is 11.1 Å². The third kappa shape index (κ3) is 1.64. The fourth-order valence-corrected chi connectivity index (χ4v) is 2.20. The van der Waals surface area contributed by atoms with Gasteiger partial charge in [-0.15, -0.1) is 6.58 Å². The molecule has 0 bridgehead atoms. The molecule has 1 N–H and O–H groups in total. The molecular weight excluding hydrogens is 134 g/mol. The van der Waals surface area contributed by atoms with Crippen LogP contribution in [0.1, 0.15) is 34.1 Å². The van der Waals surface area contributed by atoms with Gasteiger partial charge in [-0.1, -0.05) is 6.08 Å². The Morgan fingerprint density at radius 3 is 2.09 bits per heavy atom. The fraction of sp³-hybridized carbons (Fsp3) is 0.800. The summed E-state index contributed by atoms with van der Waals surface area (Å²) in [5.74, 6) is 0.609. The number of nitrogens with one attached hydrogen (secondary N) is 1. The van der Waals surface area contributed by atoms with Crippen molar-refractivity contribution in [3.63, 3.8) is 0 Å². The van der Waals surface area contributed by atoms with Crippen LogP contribution < -0.4 is 5.32 Å². The van der Waals surface area contributed by atoms with Crippen molar-refractivity contribution in [3.8, 4) is 0 Å². The Bertz CT molecular complexity index is 168. The molecule has 0 aromatic rings. The van der Waals surface area contributed by atoms with Crippen molar-refractivity contribution in [1.82, 2.24) is 5.32 Å². The van der Waals surface area contributed by atoms with Crippen LogP contribution >= 0.6 is 0 Å². The molecule has 0 radical (unpaired) electrons. The molecule has 1 atom stereocenters. The smallest absolute Gasteiger partial charge is 0.0193 e. The predicted octanol–water partition coefficient (Wildman–Crippen LogP) is 2.34. The Hall–Kier alpha value is -0.300. The lowest BCUT2D eigenvalue weighted by Gasteiger charge is -2.26. The molecule has 11 heavy (non-hydrogen) atoms. The zero-order chi connectivity index (χ0) is 8.70. The summed E-state index contributed by atoms with van der Waals surface area (Å²) in [5, 5.41) is 3.60. The van der Waals surface area contributed by atoms with Gasteiger partial charge in [0.1, 0.15) is 0 Å². The minimum Gasteiger partial charge on any atom is -0.306 e. The molecule has 0 aromatic carbocycles. The highest BCUT2D eigenvalue weighted by atomic mass is 15.1. The van der Waals surface area contributed by atoms with Gasteiger partial charge >= 0.3 is 0 Å². The van der Waals surface area contributed by atoms with Gasteiger partial charge in [-0.2, -0.15) is 0 Å². The van der Waals surface area contributed by atoms with Gasteiger partial charge in [0.15, 0.2) is 0 Å². The van der Waals surface area contributed by atoms with Gasteiger partial charge in [-0.05, 0) is 40.0 Å². The van der Waals surface area contributed by atoms with Gasteiger partial charge in [0.05, 0.1) is 0 Å². The molecule has 1 aliphatic rings. The first-order chi connectivity index (χ1) is 4.87. The maximum Gasteiger partial charge on any atom is 0.0193 e. The summed E-state index contributed by atoms with van der Waals surface area (Å²) < 4.78 is 0.